The zero-order valence-electron chi connectivity index (χ0n) is 26.9. The van der Waals surface area contributed by atoms with E-state index in [0.717, 1.165) is 0 Å². The SMILES string of the molecule is Fc1c(F)c(C(F)(F)F)c(F)c(F)c1P(CCP(c1c(F)c(F)c(C(F)(F)F)c(F)c1F)c1c(F)c(F)c(C(F)(F)F)c(F)c1F)c1c(F)c(F)c(C(F)(F)F)c(F)c1F. The molecule has 4 aromatic rings. The number of hydrogen-bond donors (Lipinski definition) is 0. The van der Waals surface area contributed by atoms with Crippen LogP contribution in [0.4, 0.5) is 123 Å². The van der Waals surface area contributed by atoms with E-state index in [1.54, 1.807) is 0 Å². The fourth-order valence-corrected chi connectivity index (χ4v) is 10.9. The molecule has 60 heavy (non-hydrogen) atoms. The molecule has 0 fully saturated rings. The Hall–Kier alpha value is -4.22. The van der Waals surface area contributed by atoms with Gasteiger partial charge >= 0.3 is 24.7 Å². The second-order valence-corrected chi connectivity index (χ2v) is 15.6. The van der Waals surface area contributed by atoms with E-state index >= 15 is 35.1 Å². The quantitative estimate of drug-likeness (QED) is 0.0984. The minimum atomic E-state index is -6.51. The van der Waals surface area contributed by atoms with Crippen LogP contribution in [0.5, 0.6) is 0 Å². The summed E-state index contributed by atoms with van der Waals surface area (Å²) in [7, 11) is -10.3. The molecule has 0 nitrogen and oxygen atoms in total. The maximum atomic E-state index is 15.3. The lowest BCUT2D eigenvalue weighted by Crippen LogP contribution is -2.34. The van der Waals surface area contributed by atoms with Gasteiger partial charge in [0.2, 0.25) is 0 Å². The average molecular weight is 958 g/mol. The third-order valence-corrected chi connectivity index (χ3v) is 13.1. The van der Waals surface area contributed by atoms with Gasteiger partial charge in [-0.25, -0.2) is 70.2 Å². The number of benzene rings is 4. The molecule has 0 atom stereocenters. The van der Waals surface area contributed by atoms with Crippen molar-refractivity contribution in [3.8, 4) is 0 Å². The van der Waals surface area contributed by atoms with Crippen LogP contribution in [0.25, 0.3) is 0 Å². The van der Waals surface area contributed by atoms with E-state index in [1.807, 2.05) is 0 Å². The fraction of sp³-hybridized carbons (Fsp3) is 0.200. The van der Waals surface area contributed by atoms with E-state index in [1.165, 1.54) is 0 Å². The minimum Gasteiger partial charge on any atom is -0.203 e. The van der Waals surface area contributed by atoms with Crippen molar-refractivity contribution in [3.63, 3.8) is 0 Å². The van der Waals surface area contributed by atoms with Gasteiger partial charge in [0, 0.05) is 0 Å². The highest BCUT2D eigenvalue weighted by Crippen LogP contribution is 2.50. The molecule has 0 amide bonds. The number of halogens is 28. The van der Waals surface area contributed by atoms with Gasteiger partial charge in [0.25, 0.3) is 0 Å². The Morgan fingerprint density at radius 1 is 0.217 bits per heavy atom. The molecule has 0 N–H and O–H groups in total. The Labute approximate surface area is 312 Å². The summed E-state index contributed by atoms with van der Waals surface area (Å²) in [6.07, 6.45) is -31.3. The van der Waals surface area contributed by atoms with Crippen molar-refractivity contribution in [2.45, 2.75) is 24.7 Å². The Morgan fingerprint density at radius 2 is 0.333 bits per heavy atom. The molecule has 0 spiro atoms. The minimum absolute atomic E-state index is 2.62. The zero-order chi connectivity index (χ0) is 46.4. The Morgan fingerprint density at radius 3 is 0.433 bits per heavy atom. The second-order valence-electron chi connectivity index (χ2n) is 11.2. The van der Waals surface area contributed by atoms with E-state index < -0.39 is 189 Å². The molecule has 0 radical (unpaired) electrons. The lowest BCUT2D eigenvalue weighted by atomic mass is 10.1. The van der Waals surface area contributed by atoms with Crippen LogP contribution in [0.15, 0.2) is 0 Å². The van der Waals surface area contributed by atoms with Gasteiger partial charge in [-0.3, -0.25) is 0 Å². The molecular formula is C30H4F28P2. The van der Waals surface area contributed by atoms with Gasteiger partial charge in [0.15, 0.2) is 93.1 Å². The van der Waals surface area contributed by atoms with Crippen molar-refractivity contribution >= 4 is 37.1 Å². The lowest BCUT2D eigenvalue weighted by molar-refractivity contribution is -0.144. The molecule has 0 bridgehead atoms. The van der Waals surface area contributed by atoms with Crippen LogP contribution in [0.1, 0.15) is 22.3 Å². The first-order chi connectivity index (χ1) is 27.0. The third kappa shape index (κ3) is 8.01. The van der Waals surface area contributed by atoms with E-state index in [-0.39, 0.29) is 0 Å². The molecule has 30 heteroatoms. The monoisotopic (exact) mass is 958 g/mol. The second kappa shape index (κ2) is 15.9. The van der Waals surface area contributed by atoms with Gasteiger partial charge < -0.3 is 0 Å². The van der Waals surface area contributed by atoms with Gasteiger partial charge in [0.1, 0.15) is 22.3 Å². The summed E-state index contributed by atoms with van der Waals surface area (Å²) in [6, 6.07) is 0. The van der Waals surface area contributed by atoms with Crippen LogP contribution in [0.2, 0.25) is 0 Å². The maximum absolute atomic E-state index is 15.3. The van der Waals surface area contributed by atoms with Crippen molar-refractivity contribution in [3.05, 3.63) is 115 Å². The number of rotatable bonds is 7. The van der Waals surface area contributed by atoms with E-state index in [4.69, 9.17) is 0 Å². The summed E-state index contributed by atoms with van der Waals surface area (Å²) < 4.78 is 400. The molecule has 0 aliphatic carbocycles. The molecule has 0 unspecified atom stereocenters. The van der Waals surface area contributed by atoms with Crippen LogP contribution in [0, 0.1) is 93.1 Å². The summed E-state index contributed by atoms with van der Waals surface area (Å²) >= 11 is 0. The zero-order valence-corrected chi connectivity index (χ0v) is 28.7. The molecule has 4 aromatic carbocycles. The van der Waals surface area contributed by atoms with Gasteiger partial charge in [-0.05, 0) is 28.2 Å². The van der Waals surface area contributed by atoms with Crippen molar-refractivity contribution in [2.24, 2.45) is 0 Å². The van der Waals surface area contributed by atoms with Crippen molar-refractivity contribution in [1.82, 2.24) is 0 Å². The molecular weight excluding hydrogens is 954 g/mol. The Bertz CT molecular complexity index is 1960. The highest BCUT2D eigenvalue weighted by Gasteiger charge is 2.50. The average Bonchev–Trinajstić information content (AvgIpc) is 3.08. The van der Waals surface area contributed by atoms with Crippen LogP contribution < -0.4 is 21.2 Å². The largest absolute Gasteiger partial charge is 0.422 e. The highest BCUT2D eigenvalue weighted by molar-refractivity contribution is 7.76. The predicted molar refractivity (Wildman–Crippen MR) is 147 cm³/mol. The van der Waals surface area contributed by atoms with Crippen molar-refractivity contribution in [2.75, 3.05) is 12.3 Å². The summed E-state index contributed by atoms with van der Waals surface area (Å²) in [4.78, 5) is 0. The Kier molecular flexibility index (Phi) is 12.8. The topological polar surface area (TPSA) is 0 Å². The van der Waals surface area contributed by atoms with Gasteiger partial charge in [-0.15, -0.1) is 0 Å². The van der Waals surface area contributed by atoms with Crippen LogP contribution >= 0.6 is 15.8 Å². The fourth-order valence-electron chi connectivity index (χ4n) is 5.29. The summed E-state index contributed by atoms with van der Waals surface area (Å²) in [5.74, 6) is -57.9. The van der Waals surface area contributed by atoms with Crippen LogP contribution in [-0.2, 0) is 24.7 Å². The molecule has 330 valence electrons. The summed E-state index contributed by atoms with van der Waals surface area (Å²) in [6.45, 7) is 0. The first-order valence-corrected chi connectivity index (χ1v) is 17.4. The number of alkyl halides is 12. The van der Waals surface area contributed by atoms with E-state index in [9.17, 15) is 87.8 Å². The van der Waals surface area contributed by atoms with Crippen molar-refractivity contribution < 1.29 is 123 Å². The van der Waals surface area contributed by atoms with Gasteiger partial charge in [-0.1, -0.05) is 0 Å². The third-order valence-electron chi connectivity index (χ3n) is 7.72. The van der Waals surface area contributed by atoms with Crippen LogP contribution in [-0.4, -0.2) is 12.3 Å². The molecule has 0 aromatic heterocycles. The number of hydrogen-bond acceptors (Lipinski definition) is 0. The molecule has 0 saturated heterocycles. The first-order valence-electron chi connectivity index (χ1n) is 14.3. The van der Waals surface area contributed by atoms with Gasteiger partial charge in [-0.2, -0.15) is 52.7 Å². The normalized spacial score (nSPS) is 13.1. The van der Waals surface area contributed by atoms with E-state index in [2.05, 4.69) is 0 Å². The summed E-state index contributed by atoms with van der Waals surface area (Å²) in [5.41, 5.74) is -14.3. The predicted octanol–water partition coefficient (Wildman–Crippen LogP) is 11.6. The maximum Gasteiger partial charge on any atom is 0.422 e. The van der Waals surface area contributed by atoms with Crippen molar-refractivity contribution in [1.29, 1.82) is 0 Å². The molecule has 0 heterocycles. The smallest absolute Gasteiger partial charge is 0.203 e. The van der Waals surface area contributed by atoms with Crippen LogP contribution in [0.3, 0.4) is 0 Å². The lowest BCUT2D eigenvalue weighted by Gasteiger charge is -2.28. The highest BCUT2D eigenvalue weighted by atomic mass is 31.1. The first kappa shape index (κ1) is 48.4. The molecule has 0 saturated carbocycles. The molecule has 0 aliphatic heterocycles. The standard InChI is InChI=1S/C30H4F28P2/c31-7-3(27(47,48)49)8(32)16(40)23(15(7)39)59(24-17(41)9(33)4(28(50,51)52)10(34)18(24)42)1-2-60(25-19(43)11(35)5(29(53,54)55)12(36)20(25)44)26-21(45)13(37)6(30(56,57)58)14(38)22(26)46/h1-2H2. The Balaban J connectivity index is 2.24. The van der Waals surface area contributed by atoms with Gasteiger partial charge in [0.05, 0.1) is 21.2 Å². The molecule has 0 aliphatic rings. The molecule has 4 rings (SSSR count). The summed E-state index contributed by atoms with van der Waals surface area (Å²) in [5, 5.41) is -12.0. The van der Waals surface area contributed by atoms with E-state index in [0.29, 0.717) is 0 Å².